The zero-order valence-electron chi connectivity index (χ0n) is 19.7. The highest BCUT2D eigenvalue weighted by Crippen LogP contribution is 2.35. The summed E-state index contributed by atoms with van der Waals surface area (Å²) >= 11 is 0. The zero-order valence-corrected chi connectivity index (χ0v) is 20.6. The monoisotopic (exact) mass is 514 g/mol. The largest absolute Gasteiger partial charge is 0.353 e. The minimum absolute atomic E-state index is 0.0696. The molecule has 1 aliphatic rings. The van der Waals surface area contributed by atoms with Gasteiger partial charge in [0.2, 0.25) is 5.91 Å². The number of hydrogen-bond donors (Lipinski definition) is 3. The van der Waals surface area contributed by atoms with Crippen molar-refractivity contribution in [2.45, 2.75) is 24.2 Å². The molecule has 1 amide bonds. The fourth-order valence-corrected chi connectivity index (χ4v) is 4.85. The highest BCUT2D eigenvalue weighted by Gasteiger charge is 2.30. The summed E-state index contributed by atoms with van der Waals surface area (Å²) in [5.41, 5.74) is 2.64. The molecule has 1 atom stereocenters. The lowest BCUT2D eigenvalue weighted by molar-refractivity contribution is -0.117. The van der Waals surface area contributed by atoms with E-state index in [-0.39, 0.29) is 28.8 Å². The Morgan fingerprint density at radius 1 is 1.22 bits per heavy atom. The predicted molar refractivity (Wildman–Crippen MR) is 133 cm³/mol. The van der Waals surface area contributed by atoms with Crippen molar-refractivity contribution < 1.29 is 17.8 Å². The molecule has 13 heteroatoms. The first-order valence-corrected chi connectivity index (χ1v) is 13.1. The maximum Gasteiger partial charge on any atom is 0.295 e. The fourth-order valence-electron chi connectivity index (χ4n) is 3.78. The van der Waals surface area contributed by atoms with Crippen LogP contribution in [0.2, 0.25) is 0 Å². The summed E-state index contributed by atoms with van der Waals surface area (Å²) in [6.45, 7) is 0. The van der Waals surface area contributed by atoms with Crippen molar-refractivity contribution in [3.8, 4) is 11.1 Å². The first kappa shape index (κ1) is 23.9. The number of amides is 1. The summed E-state index contributed by atoms with van der Waals surface area (Å²) in [6.07, 6.45) is 3.83. The van der Waals surface area contributed by atoms with Crippen molar-refractivity contribution in [3.63, 3.8) is 0 Å². The standard InChI is InChI=1S/C23H24F2N8O2S/c1-26-36(3,35)17-8-13(14-10-27-33(2)11-14)6-7-15(17)28-16-9-18(30-23(34)12-4-5-12)29-21-19(16)31-22(32-21)20(24)25/h6-12,20H,4-5H2,1-3H3,(H3,28,29,30,31,32,34). The van der Waals surface area contributed by atoms with E-state index in [1.807, 2.05) is 12.3 Å². The number of halogens is 2. The second kappa shape index (κ2) is 8.97. The number of H-pyrrole nitrogens is 1. The third kappa shape index (κ3) is 4.65. The molecule has 0 spiro atoms. The molecular weight excluding hydrogens is 490 g/mol. The van der Waals surface area contributed by atoms with Crippen LogP contribution in [0, 0.1) is 5.92 Å². The smallest absolute Gasteiger partial charge is 0.295 e. The van der Waals surface area contributed by atoms with Gasteiger partial charge in [-0.25, -0.2) is 27.3 Å². The summed E-state index contributed by atoms with van der Waals surface area (Å²) < 4.78 is 45.9. The third-order valence-electron chi connectivity index (χ3n) is 5.92. The number of hydrogen-bond acceptors (Lipinski definition) is 7. The molecule has 1 aliphatic carbocycles. The minimum atomic E-state index is -2.83. The molecule has 1 aromatic carbocycles. The van der Waals surface area contributed by atoms with Crippen LogP contribution in [0.4, 0.5) is 26.0 Å². The Morgan fingerprint density at radius 3 is 2.64 bits per heavy atom. The van der Waals surface area contributed by atoms with E-state index in [1.54, 1.807) is 30.1 Å². The average molecular weight is 515 g/mol. The number of fused-ring (bicyclic) bond motifs is 1. The lowest BCUT2D eigenvalue weighted by atomic mass is 10.1. The van der Waals surface area contributed by atoms with E-state index in [0.29, 0.717) is 16.3 Å². The second-order valence-electron chi connectivity index (χ2n) is 8.66. The Labute approximate surface area is 205 Å². The van der Waals surface area contributed by atoms with Crippen molar-refractivity contribution >= 4 is 44.0 Å². The molecule has 3 heterocycles. The summed E-state index contributed by atoms with van der Waals surface area (Å²) in [4.78, 5) is 23.5. The van der Waals surface area contributed by atoms with Crippen molar-refractivity contribution in [1.29, 1.82) is 0 Å². The van der Waals surface area contributed by atoms with E-state index < -0.39 is 22.0 Å². The van der Waals surface area contributed by atoms with Crippen LogP contribution >= 0.6 is 0 Å². The first-order valence-electron chi connectivity index (χ1n) is 11.1. The van der Waals surface area contributed by atoms with Crippen LogP contribution < -0.4 is 10.6 Å². The van der Waals surface area contributed by atoms with Crippen LogP contribution in [0.5, 0.6) is 0 Å². The SMILES string of the molecule is CN=S(C)(=O)c1cc(-c2cnn(C)c2)ccc1Nc1cc(NC(=O)C2CC2)nc2[nH]c(C(F)F)nc12. The number of aromatic nitrogens is 5. The molecule has 0 saturated heterocycles. The number of nitrogens with one attached hydrogen (secondary N) is 3. The topological polar surface area (TPSA) is 130 Å². The van der Waals surface area contributed by atoms with Crippen LogP contribution in [0.15, 0.2) is 45.9 Å². The Bertz CT molecular complexity index is 1600. The van der Waals surface area contributed by atoms with Gasteiger partial charge in [-0.2, -0.15) is 5.10 Å². The fraction of sp³-hybridized carbons (Fsp3) is 0.304. The van der Waals surface area contributed by atoms with Gasteiger partial charge in [0.15, 0.2) is 11.5 Å². The molecule has 0 aliphatic heterocycles. The van der Waals surface area contributed by atoms with Crippen LogP contribution in [-0.2, 0) is 21.6 Å². The van der Waals surface area contributed by atoms with Crippen molar-refractivity contribution in [1.82, 2.24) is 24.7 Å². The van der Waals surface area contributed by atoms with E-state index in [2.05, 4.69) is 35.0 Å². The van der Waals surface area contributed by atoms with Gasteiger partial charge in [-0.1, -0.05) is 6.07 Å². The molecule has 4 aromatic rings. The third-order valence-corrected chi connectivity index (χ3v) is 7.77. The van der Waals surface area contributed by atoms with Crippen LogP contribution in [-0.4, -0.2) is 48.2 Å². The quantitative estimate of drug-likeness (QED) is 0.334. The molecule has 1 fully saturated rings. The highest BCUT2D eigenvalue weighted by atomic mass is 32.2. The maximum absolute atomic E-state index is 13.4. The Hall–Kier alpha value is -3.87. The summed E-state index contributed by atoms with van der Waals surface area (Å²) in [7, 11) is 0.461. The molecule has 1 saturated carbocycles. The number of imidazole rings is 1. The number of aromatic amines is 1. The summed E-state index contributed by atoms with van der Waals surface area (Å²) in [5.74, 6) is -0.595. The molecule has 0 bridgehead atoms. The van der Waals surface area contributed by atoms with Gasteiger partial charge in [-0.05, 0) is 30.5 Å². The van der Waals surface area contributed by atoms with E-state index in [0.717, 1.165) is 24.0 Å². The average Bonchev–Trinajstić information content (AvgIpc) is 3.46. The molecule has 3 N–H and O–H groups in total. The van der Waals surface area contributed by atoms with Crippen molar-refractivity contribution in [2.75, 3.05) is 23.9 Å². The number of aryl methyl sites for hydroxylation is 1. The molecule has 10 nitrogen and oxygen atoms in total. The van der Waals surface area contributed by atoms with Crippen LogP contribution in [0.3, 0.4) is 0 Å². The van der Waals surface area contributed by atoms with Gasteiger partial charge in [0, 0.05) is 44.1 Å². The normalized spacial score (nSPS) is 15.2. The number of benzene rings is 1. The number of carbonyl (C=O) groups excluding carboxylic acids is 1. The Morgan fingerprint density at radius 2 is 2.00 bits per heavy atom. The second-order valence-corrected chi connectivity index (χ2v) is 11.1. The first-order chi connectivity index (χ1) is 17.1. The number of anilines is 3. The minimum Gasteiger partial charge on any atom is -0.353 e. The molecule has 1 unspecified atom stereocenters. The van der Waals surface area contributed by atoms with Gasteiger partial charge in [-0.3, -0.25) is 9.48 Å². The van der Waals surface area contributed by atoms with E-state index in [1.165, 1.54) is 19.4 Å². The van der Waals surface area contributed by atoms with E-state index in [9.17, 15) is 17.8 Å². The van der Waals surface area contributed by atoms with Crippen molar-refractivity contribution in [2.24, 2.45) is 17.3 Å². The molecule has 0 radical (unpaired) electrons. The molecule has 36 heavy (non-hydrogen) atoms. The predicted octanol–water partition coefficient (Wildman–Crippen LogP) is 4.47. The van der Waals surface area contributed by atoms with Gasteiger partial charge >= 0.3 is 0 Å². The Kier molecular flexibility index (Phi) is 5.94. The Balaban J connectivity index is 1.61. The van der Waals surface area contributed by atoms with Crippen LogP contribution in [0.25, 0.3) is 22.3 Å². The highest BCUT2D eigenvalue weighted by molar-refractivity contribution is 7.93. The number of nitrogens with zero attached hydrogens (tertiary/aromatic N) is 5. The van der Waals surface area contributed by atoms with Crippen LogP contribution in [0.1, 0.15) is 25.1 Å². The molecule has 3 aromatic heterocycles. The lowest BCUT2D eigenvalue weighted by Gasteiger charge is -2.16. The van der Waals surface area contributed by atoms with Gasteiger partial charge in [-0.15, -0.1) is 0 Å². The summed E-state index contributed by atoms with van der Waals surface area (Å²) in [6, 6.07) is 6.86. The molecular formula is C23H24F2N8O2S. The number of alkyl halides is 2. The lowest BCUT2D eigenvalue weighted by Crippen LogP contribution is -2.14. The molecule has 188 valence electrons. The van der Waals surface area contributed by atoms with E-state index >= 15 is 0 Å². The van der Waals surface area contributed by atoms with E-state index in [4.69, 9.17) is 0 Å². The maximum atomic E-state index is 13.4. The van der Waals surface area contributed by atoms with Gasteiger partial charge in [0.25, 0.3) is 6.43 Å². The number of carbonyl (C=O) groups is 1. The zero-order chi connectivity index (χ0) is 25.6. The summed E-state index contributed by atoms with van der Waals surface area (Å²) in [5, 5.41) is 10.1. The van der Waals surface area contributed by atoms with Crippen molar-refractivity contribution in [3.05, 3.63) is 42.5 Å². The van der Waals surface area contributed by atoms with Gasteiger partial charge in [0.05, 0.1) is 32.2 Å². The van der Waals surface area contributed by atoms with Gasteiger partial charge in [0.1, 0.15) is 11.3 Å². The van der Waals surface area contributed by atoms with Gasteiger partial charge < -0.3 is 15.6 Å². The number of rotatable bonds is 7. The number of pyridine rings is 1. The molecule has 5 rings (SSSR count).